The van der Waals surface area contributed by atoms with Crippen LogP contribution in [0.25, 0.3) is 0 Å². The molecular weight excluding hydrogens is 262 g/mol. The standard InChI is InChI=1S/C17H27N3O/c1-14(2)15-4-6-16(7-5-15)18-17(21)8-9-20-12-10-19(3)11-13-20/h4-7,14H,8-13H2,1-3H3,(H,18,21). The lowest BCUT2D eigenvalue weighted by atomic mass is 10.0. The summed E-state index contributed by atoms with van der Waals surface area (Å²) in [7, 11) is 2.14. The number of nitrogens with one attached hydrogen (secondary N) is 1. The number of nitrogens with zero attached hydrogens (tertiary/aromatic N) is 2. The summed E-state index contributed by atoms with van der Waals surface area (Å²) in [5.41, 5.74) is 2.19. The molecule has 1 aliphatic rings. The number of piperazine rings is 1. The molecule has 1 heterocycles. The second kappa shape index (κ2) is 7.57. The van der Waals surface area contributed by atoms with Gasteiger partial charge in [0.05, 0.1) is 0 Å². The van der Waals surface area contributed by atoms with Crippen LogP contribution in [-0.2, 0) is 4.79 Å². The van der Waals surface area contributed by atoms with E-state index in [2.05, 4.69) is 48.1 Å². The van der Waals surface area contributed by atoms with Gasteiger partial charge in [-0.3, -0.25) is 4.79 Å². The SMILES string of the molecule is CC(C)c1ccc(NC(=O)CCN2CCN(C)CC2)cc1. The Morgan fingerprint density at radius 1 is 1.14 bits per heavy atom. The van der Waals surface area contributed by atoms with Gasteiger partial charge in [0.2, 0.25) is 5.91 Å². The lowest BCUT2D eigenvalue weighted by Crippen LogP contribution is -2.45. The Morgan fingerprint density at radius 2 is 1.76 bits per heavy atom. The molecule has 1 aliphatic heterocycles. The second-order valence-corrected chi connectivity index (χ2v) is 6.22. The van der Waals surface area contributed by atoms with Crippen molar-refractivity contribution < 1.29 is 4.79 Å². The monoisotopic (exact) mass is 289 g/mol. The quantitative estimate of drug-likeness (QED) is 0.904. The van der Waals surface area contributed by atoms with Crippen molar-refractivity contribution in [3.63, 3.8) is 0 Å². The zero-order valence-corrected chi connectivity index (χ0v) is 13.4. The first-order chi connectivity index (χ1) is 10.0. The third kappa shape index (κ3) is 5.14. The van der Waals surface area contributed by atoms with Crippen LogP contribution < -0.4 is 5.32 Å². The minimum Gasteiger partial charge on any atom is -0.326 e. The smallest absolute Gasteiger partial charge is 0.225 e. The number of rotatable bonds is 5. The zero-order chi connectivity index (χ0) is 15.2. The lowest BCUT2D eigenvalue weighted by molar-refractivity contribution is -0.116. The summed E-state index contributed by atoms with van der Waals surface area (Å²) in [6.45, 7) is 9.51. The van der Waals surface area contributed by atoms with Crippen LogP contribution in [0.15, 0.2) is 24.3 Å². The molecule has 0 aliphatic carbocycles. The van der Waals surface area contributed by atoms with Crippen molar-refractivity contribution in [3.8, 4) is 0 Å². The predicted molar refractivity (Wildman–Crippen MR) is 87.7 cm³/mol. The van der Waals surface area contributed by atoms with Gasteiger partial charge in [-0.25, -0.2) is 0 Å². The summed E-state index contributed by atoms with van der Waals surface area (Å²) in [6, 6.07) is 8.15. The number of hydrogen-bond donors (Lipinski definition) is 1. The number of likely N-dealkylation sites (N-methyl/N-ethyl adjacent to an activating group) is 1. The maximum absolute atomic E-state index is 12.0. The summed E-state index contributed by atoms with van der Waals surface area (Å²) < 4.78 is 0. The van der Waals surface area contributed by atoms with Crippen molar-refractivity contribution in [2.24, 2.45) is 0 Å². The molecule has 1 aromatic carbocycles. The van der Waals surface area contributed by atoms with Gasteiger partial charge in [-0.2, -0.15) is 0 Å². The molecule has 2 rings (SSSR count). The number of amides is 1. The molecule has 0 radical (unpaired) electrons. The van der Waals surface area contributed by atoms with Crippen molar-refractivity contribution in [2.75, 3.05) is 45.1 Å². The lowest BCUT2D eigenvalue weighted by Gasteiger charge is -2.32. The minimum absolute atomic E-state index is 0.103. The third-order valence-corrected chi connectivity index (χ3v) is 4.11. The van der Waals surface area contributed by atoms with E-state index in [4.69, 9.17) is 0 Å². The van der Waals surface area contributed by atoms with Gasteiger partial charge in [0.25, 0.3) is 0 Å². The van der Waals surface area contributed by atoms with Gasteiger partial charge in [-0.05, 0) is 30.7 Å². The van der Waals surface area contributed by atoms with Gasteiger partial charge in [0.15, 0.2) is 0 Å². The largest absolute Gasteiger partial charge is 0.326 e. The van der Waals surface area contributed by atoms with Gasteiger partial charge in [0.1, 0.15) is 0 Å². The minimum atomic E-state index is 0.103. The van der Waals surface area contributed by atoms with E-state index in [0.717, 1.165) is 38.4 Å². The number of carbonyl (C=O) groups is 1. The molecule has 1 N–H and O–H groups in total. The molecule has 0 bridgehead atoms. The van der Waals surface area contributed by atoms with E-state index in [-0.39, 0.29) is 5.91 Å². The normalized spacial score (nSPS) is 17.1. The highest BCUT2D eigenvalue weighted by atomic mass is 16.1. The number of hydrogen-bond acceptors (Lipinski definition) is 3. The summed E-state index contributed by atoms with van der Waals surface area (Å²) in [5.74, 6) is 0.623. The molecule has 1 saturated heterocycles. The average molecular weight is 289 g/mol. The summed E-state index contributed by atoms with van der Waals surface area (Å²) in [5, 5.41) is 2.98. The average Bonchev–Trinajstić information content (AvgIpc) is 2.47. The maximum atomic E-state index is 12.0. The first kappa shape index (κ1) is 16.0. The Morgan fingerprint density at radius 3 is 2.33 bits per heavy atom. The van der Waals surface area contributed by atoms with Gasteiger partial charge in [-0.1, -0.05) is 26.0 Å². The predicted octanol–water partition coefficient (Wildman–Crippen LogP) is 2.39. The fourth-order valence-corrected chi connectivity index (χ4v) is 2.51. The maximum Gasteiger partial charge on any atom is 0.225 e. The van der Waals surface area contributed by atoms with Crippen molar-refractivity contribution in [2.45, 2.75) is 26.2 Å². The first-order valence-corrected chi connectivity index (χ1v) is 7.85. The molecule has 0 atom stereocenters. The Labute approximate surface area is 128 Å². The van der Waals surface area contributed by atoms with E-state index in [1.807, 2.05) is 12.1 Å². The highest BCUT2D eigenvalue weighted by Gasteiger charge is 2.14. The number of anilines is 1. The van der Waals surface area contributed by atoms with Crippen LogP contribution in [0.5, 0.6) is 0 Å². The Bertz CT molecular complexity index is 448. The van der Waals surface area contributed by atoms with Crippen molar-refractivity contribution >= 4 is 11.6 Å². The molecule has 0 unspecified atom stereocenters. The van der Waals surface area contributed by atoms with Crippen molar-refractivity contribution in [1.82, 2.24) is 9.80 Å². The highest BCUT2D eigenvalue weighted by molar-refractivity contribution is 5.90. The van der Waals surface area contributed by atoms with Gasteiger partial charge in [0, 0.05) is 44.8 Å². The second-order valence-electron chi connectivity index (χ2n) is 6.22. The van der Waals surface area contributed by atoms with E-state index >= 15 is 0 Å². The van der Waals surface area contributed by atoms with Crippen LogP contribution in [0.2, 0.25) is 0 Å². The van der Waals surface area contributed by atoms with E-state index in [9.17, 15) is 4.79 Å². The van der Waals surface area contributed by atoms with Crippen LogP contribution in [0, 0.1) is 0 Å². The highest BCUT2D eigenvalue weighted by Crippen LogP contribution is 2.17. The van der Waals surface area contributed by atoms with E-state index in [1.54, 1.807) is 0 Å². The molecule has 1 aromatic rings. The van der Waals surface area contributed by atoms with Crippen LogP contribution in [0.4, 0.5) is 5.69 Å². The Balaban J connectivity index is 1.74. The Kier molecular flexibility index (Phi) is 5.76. The van der Waals surface area contributed by atoms with E-state index < -0.39 is 0 Å². The molecule has 0 spiro atoms. The van der Waals surface area contributed by atoms with Gasteiger partial charge in [-0.15, -0.1) is 0 Å². The van der Waals surface area contributed by atoms with E-state index in [1.165, 1.54) is 5.56 Å². The van der Waals surface area contributed by atoms with Crippen LogP contribution >= 0.6 is 0 Å². The van der Waals surface area contributed by atoms with Crippen LogP contribution in [0.3, 0.4) is 0 Å². The van der Waals surface area contributed by atoms with Gasteiger partial charge < -0.3 is 15.1 Å². The fraction of sp³-hybridized carbons (Fsp3) is 0.588. The van der Waals surface area contributed by atoms with Crippen LogP contribution in [0.1, 0.15) is 31.7 Å². The fourth-order valence-electron chi connectivity index (χ4n) is 2.51. The molecule has 4 heteroatoms. The topological polar surface area (TPSA) is 35.6 Å². The Hall–Kier alpha value is -1.39. The molecule has 0 saturated carbocycles. The van der Waals surface area contributed by atoms with Crippen molar-refractivity contribution in [3.05, 3.63) is 29.8 Å². The summed E-state index contributed by atoms with van der Waals surface area (Å²) in [4.78, 5) is 16.7. The molecule has 0 aromatic heterocycles. The molecule has 116 valence electrons. The van der Waals surface area contributed by atoms with Crippen LogP contribution in [-0.4, -0.2) is 55.5 Å². The third-order valence-electron chi connectivity index (χ3n) is 4.11. The number of carbonyl (C=O) groups excluding carboxylic acids is 1. The summed E-state index contributed by atoms with van der Waals surface area (Å²) >= 11 is 0. The molecule has 4 nitrogen and oxygen atoms in total. The molecule has 1 amide bonds. The van der Waals surface area contributed by atoms with Crippen molar-refractivity contribution in [1.29, 1.82) is 0 Å². The molecular formula is C17H27N3O. The van der Waals surface area contributed by atoms with E-state index in [0.29, 0.717) is 12.3 Å². The number of benzene rings is 1. The molecule has 1 fully saturated rings. The summed E-state index contributed by atoms with van der Waals surface area (Å²) in [6.07, 6.45) is 0.565. The zero-order valence-electron chi connectivity index (χ0n) is 13.4. The molecule has 21 heavy (non-hydrogen) atoms. The first-order valence-electron chi connectivity index (χ1n) is 7.85. The van der Waals surface area contributed by atoms with Gasteiger partial charge >= 0.3 is 0 Å².